The Morgan fingerprint density at radius 2 is 1.47 bits per heavy atom. The summed E-state index contributed by atoms with van der Waals surface area (Å²) in [6.45, 7) is 15.7. The van der Waals surface area contributed by atoms with Gasteiger partial charge in [-0.3, -0.25) is 9.59 Å². The van der Waals surface area contributed by atoms with Crippen molar-refractivity contribution in [3.63, 3.8) is 0 Å². The third-order valence-corrected chi connectivity index (χ3v) is 10.3. The van der Waals surface area contributed by atoms with Crippen LogP contribution in [0.2, 0.25) is 0 Å². The van der Waals surface area contributed by atoms with Crippen LogP contribution in [0.4, 0.5) is 0 Å². The van der Waals surface area contributed by atoms with E-state index in [1.807, 2.05) is 26.0 Å². The van der Waals surface area contributed by atoms with Crippen molar-refractivity contribution in [3.8, 4) is 22.6 Å². The zero-order valence-electron chi connectivity index (χ0n) is 30.3. The molecule has 6 nitrogen and oxygen atoms in total. The van der Waals surface area contributed by atoms with E-state index in [0.717, 1.165) is 30.8 Å². The number of rotatable bonds is 17. The third-order valence-electron chi connectivity index (χ3n) is 10.3. The van der Waals surface area contributed by atoms with Crippen LogP contribution in [0.3, 0.4) is 0 Å². The number of ether oxygens (including phenoxy) is 4. The van der Waals surface area contributed by atoms with E-state index in [0.29, 0.717) is 26.2 Å². The summed E-state index contributed by atoms with van der Waals surface area (Å²) in [6, 6.07) is 30.4. The number of hydrogen-bond donors (Lipinski definition) is 0. The van der Waals surface area contributed by atoms with Crippen LogP contribution in [0.15, 0.2) is 110 Å². The first-order chi connectivity index (χ1) is 24.5. The molecule has 51 heavy (non-hydrogen) atoms. The lowest BCUT2D eigenvalue weighted by atomic mass is 9.70. The molecule has 0 aliphatic heterocycles. The number of fused-ring (bicyclic) bond motifs is 5. The molecule has 0 saturated carbocycles. The van der Waals surface area contributed by atoms with Crippen molar-refractivity contribution in [2.24, 2.45) is 0 Å². The van der Waals surface area contributed by atoms with Gasteiger partial charge < -0.3 is 18.9 Å². The van der Waals surface area contributed by atoms with E-state index < -0.39 is 11.2 Å². The molecule has 0 amide bonds. The summed E-state index contributed by atoms with van der Waals surface area (Å²) in [5.41, 5.74) is 8.95. The van der Waals surface area contributed by atoms with Gasteiger partial charge in [0.25, 0.3) is 0 Å². The molecule has 1 atom stereocenters. The highest BCUT2D eigenvalue weighted by atomic mass is 16.5. The summed E-state index contributed by atoms with van der Waals surface area (Å²) < 4.78 is 23.8. The number of carbonyl (C=O) groups is 2. The smallest absolute Gasteiger partial charge is 0.186 e. The molecule has 0 radical (unpaired) electrons. The van der Waals surface area contributed by atoms with E-state index >= 15 is 0 Å². The summed E-state index contributed by atoms with van der Waals surface area (Å²) in [5.74, 6) is 1.24. The second-order valence-electron chi connectivity index (χ2n) is 14.5. The monoisotopic (exact) mass is 684 g/mol. The topological polar surface area (TPSA) is 71.1 Å². The van der Waals surface area contributed by atoms with Crippen molar-refractivity contribution in [2.75, 3.05) is 26.4 Å². The van der Waals surface area contributed by atoms with Crippen LogP contribution in [0.25, 0.3) is 11.1 Å². The van der Waals surface area contributed by atoms with Gasteiger partial charge in [-0.05, 0) is 128 Å². The molecule has 1 unspecified atom stereocenters. The minimum Gasteiger partial charge on any atom is -0.491 e. The van der Waals surface area contributed by atoms with Gasteiger partial charge in [-0.1, -0.05) is 73.8 Å². The van der Waals surface area contributed by atoms with Crippen molar-refractivity contribution in [1.82, 2.24) is 0 Å². The van der Waals surface area contributed by atoms with Gasteiger partial charge in [0.05, 0.1) is 13.2 Å². The maximum Gasteiger partial charge on any atom is 0.186 e. The average molecular weight is 685 g/mol. The molecule has 4 aromatic carbocycles. The fourth-order valence-electron chi connectivity index (χ4n) is 7.51. The SMILES string of the molecule is C=CC(=O)COCCOc1ccc(C2(c3ccc(OC(C)(C)CCOC(C)(C)C(=O)C=C)cc3)CCc3c2ccc2c3-c3ccccc3C2)cc1. The molecular weight excluding hydrogens is 636 g/mol. The quantitative estimate of drug-likeness (QED) is 0.0721. The van der Waals surface area contributed by atoms with Gasteiger partial charge in [-0.2, -0.15) is 0 Å². The fourth-order valence-corrected chi connectivity index (χ4v) is 7.51. The van der Waals surface area contributed by atoms with E-state index in [9.17, 15) is 9.59 Å². The van der Waals surface area contributed by atoms with Gasteiger partial charge in [-0.15, -0.1) is 0 Å². The second-order valence-corrected chi connectivity index (χ2v) is 14.5. The molecule has 0 bridgehead atoms. The number of ketones is 2. The van der Waals surface area contributed by atoms with Crippen molar-refractivity contribution in [1.29, 1.82) is 0 Å². The molecule has 0 aromatic heterocycles. The van der Waals surface area contributed by atoms with Crippen LogP contribution in [-0.4, -0.2) is 49.2 Å². The van der Waals surface area contributed by atoms with Crippen LogP contribution in [-0.2, 0) is 37.3 Å². The molecular formula is C45H48O6. The minimum absolute atomic E-state index is 0.00819. The van der Waals surface area contributed by atoms with E-state index in [4.69, 9.17) is 18.9 Å². The maximum atomic E-state index is 12.1. The predicted octanol–water partition coefficient (Wildman–Crippen LogP) is 8.79. The summed E-state index contributed by atoms with van der Waals surface area (Å²) in [6.07, 6.45) is 6.07. The number of hydrogen-bond acceptors (Lipinski definition) is 6. The van der Waals surface area contributed by atoms with Gasteiger partial charge in [-0.25, -0.2) is 0 Å². The lowest BCUT2D eigenvalue weighted by Gasteiger charge is -2.33. The summed E-state index contributed by atoms with van der Waals surface area (Å²) >= 11 is 0. The van der Waals surface area contributed by atoms with Crippen LogP contribution in [0.5, 0.6) is 11.5 Å². The molecule has 0 N–H and O–H groups in total. The van der Waals surface area contributed by atoms with Gasteiger partial charge in [0.2, 0.25) is 0 Å². The Labute approximate surface area is 302 Å². The molecule has 2 aliphatic rings. The Morgan fingerprint density at radius 1 is 0.784 bits per heavy atom. The van der Waals surface area contributed by atoms with Crippen molar-refractivity contribution in [3.05, 3.63) is 144 Å². The van der Waals surface area contributed by atoms with Crippen molar-refractivity contribution >= 4 is 11.6 Å². The summed E-state index contributed by atoms with van der Waals surface area (Å²) in [4.78, 5) is 23.6. The van der Waals surface area contributed by atoms with E-state index in [1.165, 1.54) is 56.7 Å². The molecule has 0 spiro atoms. The van der Waals surface area contributed by atoms with Crippen molar-refractivity contribution < 1.29 is 28.5 Å². The fraction of sp³-hybridized carbons (Fsp3) is 0.333. The summed E-state index contributed by atoms with van der Waals surface area (Å²) in [7, 11) is 0. The van der Waals surface area contributed by atoms with Crippen LogP contribution in [0, 0.1) is 0 Å². The van der Waals surface area contributed by atoms with Gasteiger partial charge in [0.1, 0.15) is 35.9 Å². The largest absolute Gasteiger partial charge is 0.491 e. The predicted molar refractivity (Wildman–Crippen MR) is 202 cm³/mol. The first-order valence-electron chi connectivity index (χ1n) is 17.8. The third kappa shape index (κ3) is 7.49. The number of benzene rings is 4. The van der Waals surface area contributed by atoms with Gasteiger partial charge in [0, 0.05) is 11.8 Å². The molecule has 6 heteroatoms. The molecule has 0 fully saturated rings. The van der Waals surface area contributed by atoms with Crippen molar-refractivity contribution in [2.45, 2.75) is 70.0 Å². The van der Waals surface area contributed by atoms with Gasteiger partial charge >= 0.3 is 0 Å². The molecule has 264 valence electrons. The van der Waals surface area contributed by atoms with Gasteiger partial charge in [0.15, 0.2) is 11.6 Å². The van der Waals surface area contributed by atoms with E-state index in [1.54, 1.807) is 13.8 Å². The number of carbonyl (C=O) groups excluding carboxylic acids is 2. The Hall–Kier alpha value is -4.78. The Balaban J connectivity index is 1.27. The van der Waals surface area contributed by atoms with Crippen LogP contribution < -0.4 is 9.47 Å². The first-order valence-corrected chi connectivity index (χ1v) is 17.8. The lowest BCUT2D eigenvalue weighted by Crippen LogP contribution is -2.37. The lowest BCUT2D eigenvalue weighted by molar-refractivity contribution is -0.136. The highest BCUT2D eigenvalue weighted by Crippen LogP contribution is 2.54. The maximum absolute atomic E-state index is 12.1. The minimum atomic E-state index is -0.917. The zero-order valence-corrected chi connectivity index (χ0v) is 30.3. The van der Waals surface area contributed by atoms with E-state index in [-0.39, 0.29) is 23.6 Å². The Bertz CT molecular complexity index is 1920. The van der Waals surface area contributed by atoms with Crippen LogP contribution in [0.1, 0.15) is 73.9 Å². The second kappa shape index (κ2) is 14.8. The highest BCUT2D eigenvalue weighted by Gasteiger charge is 2.44. The first kappa shape index (κ1) is 36.0. The Kier molecular flexibility index (Phi) is 10.5. The Morgan fingerprint density at radius 3 is 2.16 bits per heavy atom. The van der Waals surface area contributed by atoms with Crippen LogP contribution >= 0.6 is 0 Å². The molecule has 6 rings (SSSR count). The highest BCUT2D eigenvalue weighted by molar-refractivity contribution is 5.95. The van der Waals surface area contributed by atoms with E-state index in [2.05, 4.69) is 86.0 Å². The molecule has 0 saturated heterocycles. The molecule has 2 aliphatic carbocycles. The molecule has 4 aromatic rings. The summed E-state index contributed by atoms with van der Waals surface area (Å²) in [5, 5.41) is 0. The standard InChI is InChI=1S/C45H48O6/c1-7-35(46)30-48-27-28-49-36-18-14-33(15-19-36)45(24-23-39-40(45)22-13-32-29-31-11-9-10-12-38(31)42(32)39)34-16-20-37(21-17-34)51-43(3,4)25-26-50-44(5,6)41(47)8-2/h7-22H,1-2,23-30H2,3-6H3. The molecule has 0 heterocycles. The zero-order chi connectivity index (χ0) is 36.2. The average Bonchev–Trinajstić information content (AvgIpc) is 3.70. The normalized spacial score (nSPS) is 16.2.